The number of Topliss-reactive ketones (excluding diaryl/α,β-unsaturated/α-hetero) is 2. The van der Waals surface area contributed by atoms with Crippen LogP contribution in [0.1, 0.15) is 168 Å². The number of ether oxygens (including phenoxy) is 2. The van der Waals surface area contributed by atoms with Gasteiger partial charge in [-0.3, -0.25) is 9.59 Å². The van der Waals surface area contributed by atoms with Gasteiger partial charge in [-0.25, -0.2) is 0 Å². The highest BCUT2D eigenvalue weighted by molar-refractivity contribution is 5.83. The summed E-state index contributed by atoms with van der Waals surface area (Å²) >= 11 is 0. The monoisotopic (exact) mass is 620 g/mol. The Bertz CT molecular complexity index is 825. The predicted octanol–water partition coefficient (Wildman–Crippen LogP) is 8.11. The summed E-state index contributed by atoms with van der Waals surface area (Å²) in [5, 5.41) is 21.2. The minimum absolute atomic E-state index is 0.0153. The molecule has 2 aliphatic rings. The molecule has 0 spiro atoms. The number of ketones is 2. The highest BCUT2D eigenvalue weighted by Crippen LogP contribution is 2.29. The highest BCUT2D eigenvalue weighted by Gasteiger charge is 2.35. The van der Waals surface area contributed by atoms with Crippen molar-refractivity contribution in [1.82, 2.24) is 0 Å². The molecule has 2 fully saturated rings. The molecule has 44 heavy (non-hydrogen) atoms. The van der Waals surface area contributed by atoms with Crippen molar-refractivity contribution in [2.45, 2.75) is 198 Å². The third kappa shape index (κ3) is 17.2. The van der Waals surface area contributed by atoms with E-state index < -0.39 is 12.2 Å². The van der Waals surface area contributed by atoms with E-state index in [1.54, 1.807) is 0 Å². The van der Waals surface area contributed by atoms with Crippen molar-refractivity contribution in [2.24, 2.45) is 5.92 Å². The van der Waals surface area contributed by atoms with E-state index in [0.29, 0.717) is 32.1 Å². The first-order valence-electron chi connectivity index (χ1n) is 18.2. The van der Waals surface area contributed by atoms with Gasteiger partial charge in [0.1, 0.15) is 17.7 Å². The topological polar surface area (TPSA) is 110 Å². The Kier molecular flexibility index (Phi) is 20.8. The first-order valence-corrected chi connectivity index (χ1v) is 18.2. The number of allylic oxidation sites excluding steroid dienone is 2. The fraction of sp³-hybridized carbons (Fsp3) is 0.865. The number of rotatable bonds is 27. The van der Waals surface area contributed by atoms with Crippen LogP contribution in [0.15, 0.2) is 12.2 Å². The molecular formula is C37H64O7. The van der Waals surface area contributed by atoms with Crippen LogP contribution in [0.2, 0.25) is 0 Å². The van der Waals surface area contributed by atoms with Gasteiger partial charge < -0.3 is 24.5 Å². The first-order chi connectivity index (χ1) is 21.3. The summed E-state index contributed by atoms with van der Waals surface area (Å²) in [5.74, 6) is -0.271. The van der Waals surface area contributed by atoms with Gasteiger partial charge in [-0.2, -0.15) is 0 Å². The molecule has 0 aromatic rings. The Morgan fingerprint density at radius 3 is 2.07 bits per heavy atom. The summed E-state index contributed by atoms with van der Waals surface area (Å²) in [7, 11) is 0. The zero-order valence-electron chi connectivity index (χ0n) is 28.0. The second kappa shape index (κ2) is 23.7. The van der Waals surface area contributed by atoms with Crippen LogP contribution in [-0.4, -0.2) is 58.3 Å². The zero-order valence-corrected chi connectivity index (χ0v) is 28.0. The predicted molar refractivity (Wildman–Crippen MR) is 175 cm³/mol. The van der Waals surface area contributed by atoms with Gasteiger partial charge >= 0.3 is 5.97 Å². The molecule has 7 heteroatoms. The molecule has 254 valence electrons. The molecule has 0 aromatic heterocycles. The fourth-order valence-electron chi connectivity index (χ4n) is 6.61. The maximum atomic E-state index is 12.3. The van der Waals surface area contributed by atoms with E-state index in [0.717, 1.165) is 64.2 Å². The molecule has 2 aliphatic heterocycles. The Morgan fingerprint density at radius 1 is 0.795 bits per heavy atom. The molecule has 2 N–H and O–H groups in total. The molecule has 0 bridgehead atoms. The number of carbonyl (C=O) groups excluding carboxylic acids is 3. The van der Waals surface area contributed by atoms with Crippen LogP contribution >= 0.6 is 0 Å². The second-order valence-corrected chi connectivity index (χ2v) is 13.5. The standard InChI is InChI=1S/C37H64O7/c1-3-4-5-6-7-8-9-10-11-12-13-16-23-33(40)35-25-26-36(44-35)34(41)24-17-14-15-20-31(39)21-18-19-22-32-28-30(27-29(2)38)37(42)43-32/h12-13,30,32-36,40-41H,3-11,14-28H2,1-2H3/b13-12-/t30-,32-,33-,34-,35-,36-/m1/s1. The van der Waals surface area contributed by atoms with E-state index in [1.807, 2.05) is 0 Å². The van der Waals surface area contributed by atoms with E-state index >= 15 is 0 Å². The van der Waals surface area contributed by atoms with Gasteiger partial charge in [-0.15, -0.1) is 0 Å². The van der Waals surface area contributed by atoms with Crippen molar-refractivity contribution in [2.75, 3.05) is 0 Å². The van der Waals surface area contributed by atoms with Crippen molar-refractivity contribution in [1.29, 1.82) is 0 Å². The minimum Gasteiger partial charge on any atom is -0.462 e. The molecule has 0 amide bonds. The van der Waals surface area contributed by atoms with Crippen molar-refractivity contribution >= 4 is 17.5 Å². The van der Waals surface area contributed by atoms with Crippen molar-refractivity contribution in [3.8, 4) is 0 Å². The zero-order chi connectivity index (χ0) is 32.0. The van der Waals surface area contributed by atoms with E-state index in [2.05, 4.69) is 19.1 Å². The average molecular weight is 621 g/mol. The molecule has 0 unspecified atom stereocenters. The smallest absolute Gasteiger partial charge is 0.309 e. The largest absolute Gasteiger partial charge is 0.462 e. The van der Waals surface area contributed by atoms with Gasteiger partial charge in [0.25, 0.3) is 0 Å². The van der Waals surface area contributed by atoms with Crippen molar-refractivity contribution in [3.05, 3.63) is 12.2 Å². The number of aliphatic hydroxyl groups is 2. The number of hydrogen-bond donors (Lipinski definition) is 2. The Balaban J connectivity index is 1.42. The molecule has 2 heterocycles. The third-order valence-electron chi connectivity index (χ3n) is 9.35. The SMILES string of the molecule is CCCCCCCCCC/C=C\CC[C@@H](O)[C@H]1CC[C@H]([C@H](O)CCCCCC(=O)CCCC[C@@H]2C[C@@H](CC(C)=O)C(=O)O2)O1. The lowest BCUT2D eigenvalue weighted by atomic mass is 9.96. The van der Waals surface area contributed by atoms with Crippen LogP contribution in [-0.2, 0) is 23.9 Å². The summed E-state index contributed by atoms with van der Waals surface area (Å²) in [5.41, 5.74) is 0. The van der Waals surface area contributed by atoms with Crippen LogP contribution in [0.5, 0.6) is 0 Å². The highest BCUT2D eigenvalue weighted by atomic mass is 16.6. The first kappa shape index (κ1) is 38.6. The van der Waals surface area contributed by atoms with Crippen molar-refractivity contribution in [3.63, 3.8) is 0 Å². The minimum atomic E-state index is -0.519. The fourth-order valence-corrected chi connectivity index (χ4v) is 6.61. The molecule has 6 atom stereocenters. The average Bonchev–Trinajstić information content (AvgIpc) is 3.62. The van der Waals surface area contributed by atoms with Crippen LogP contribution in [0.25, 0.3) is 0 Å². The molecule has 2 saturated heterocycles. The lowest BCUT2D eigenvalue weighted by Crippen LogP contribution is -2.31. The van der Waals surface area contributed by atoms with Gasteiger partial charge in [-0.05, 0) is 84.0 Å². The summed E-state index contributed by atoms with van der Waals surface area (Å²) in [6.45, 7) is 3.76. The number of unbranched alkanes of at least 4 members (excludes halogenated alkanes) is 11. The lowest BCUT2D eigenvalue weighted by molar-refractivity contribution is -0.145. The molecule has 2 rings (SSSR count). The molecule has 7 nitrogen and oxygen atoms in total. The summed E-state index contributed by atoms with van der Waals surface area (Å²) < 4.78 is 11.4. The maximum Gasteiger partial charge on any atom is 0.309 e. The molecule has 0 aliphatic carbocycles. The van der Waals surface area contributed by atoms with E-state index in [9.17, 15) is 24.6 Å². The normalized spacial score (nSPS) is 23.3. The summed E-state index contributed by atoms with van der Waals surface area (Å²) in [6.07, 6.45) is 25.6. The van der Waals surface area contributed by atoms with Crippen LogP contribution in [0, 0.1) is 5.92 Å². The quantitative estimate of drug-likeness (QED) is 0.0542. The van der Waals surface area contributed by atoms with E-state index in [-0.39, 0.29) is 48.2 Å². The van der Waals surface area contributed by atoms with Gasteiger partial charge in [0, 0.05) is 19.3 Å². The summed E-state index contributed by atoms with van der Waals surface area (Å²) in [6, 6.07) is 0. The van der Waals surface area contributed by atoms with Crippen LogP contribution in [0.4, 0.5) is 0 Å². The lowest BCUT2D eigenvalue weighted by Gasteiger charge is -2.22. The molecule has 0 aromatic carbocycles. The number of hydrogen-bond acceptors (Lipinski definition) is 7. The van der Waals surface area contributed by atoms with E-state index in [1.165, 1.54) is 58.3 Å². The number of aliphatic hydroxyl groups excluding tert-OH is 2. The Hall–Kier alpha value is -1.57. The molecule has 0 saturated carbocycles. The van der Waals surface area contributed by atoms with Gasteiger partial charge in [-0.1, -0.05) is 76.9 Å². The van der Waals surface area contributed by atoms with Gasteiger partial charge in [0.05, 0.1) is 30.3 Å². The second-order valence-electron chi connectivity index (χ2n) is 13.5. The number of esters is 1. The number of cyclic esters (lactones) is 1. The third-order valence-corrected chi connectivity index (χ3v) is 9.35. The summed E-state index contributed by atoms with van der Waals surface area (Å²) in [4.78, 5) is 35.3. The maximum absolute atomic E-state index is 12.3. The van der Waals surface area contributed by atoms with Crippen LogP contribution < -0.4 is 0 Å². The Morgan fingerprint density at radius 2 is 1.39 bits per heavy atom. The van der Waals surface area contributed by atoms with Crippen LogP contribution in [0.3, 0.4) is 0 Å². The van der Waals surface area contributed by atoms with Gasteiger partial charge in [0.15, 0.2) is 0 Å². The van der Waals surface area contributed by atoms with Gasteiger partial charge in [0.2, 0.25) is 0 Å². The molecular weight excluding hydrogens is 556 g/mol. The number of carbonyl (C=O) groups is 3. The molecule has 0 radical (unpaired) electrons. The van der Waals surface area contributed by atoms with Crippen molar-refractivity contribution < 1.29 is 34.1 Å². The van der Waals surface area contributed by atoms with E-state index in [4.69, 9.17) is 9.47 Å². The Labute approximate surface area is 267 Å².